The Labute approximate surface area is 135 Å². The molecule has 3 nitrogen and oxygen atoms in total. The molecule has 0 amide bonds. The average Bonchev–Trinajstić information content (AvgIpc) is 2.47. The zero-order chi connectivity index (χ0) is 16.0. The second kappa shape index (κ2) is 12.0. The summed E-state index contributed by atoms with van der Waals surface area (Å²) in [5, 5.41) is 17.4. The first kappa shape index (κ1) is 18.4. The van der Waals surface area contributed by atoms with Gasteiger partial charge in [0.2, 0.25) is 0 Å². The minimum atomic E-state index is 0.363. The van der Waals surface area contributed by atoms with Crippen LogP contribution in [0.15, 0.2) is 11.1 Å². The van der Waals surface area contributed by atoms with Crippen molar-refractivity contribution in [2.75, 3.05) is 0 Å². The molecule has 0 unspecified atom stereocenters. The van der Waals surface area contributed by atoms with Crippen molar-refractivity contribution < 1.29 is 4.79 Å². The van der Waals surface area contributed by atoms with Crippen molar-refractivity contribution in [1.29, 1.82) is 10.5 Å². The molecule has 2 rings (SSSR count). The Morgan fingerprint density at radius 3 is 1.41 bits per heavy atom. The summed E-state index contributed by atoms with van der Waals surface area (Å²) in [5.41, 5.74) is 1.45. The molecular formula is C19H28N2O. The van der Waals surface area contributed by atoms with Crippen LogP contribution in [0.2, 0.25) is 0 Å². The zero-order valence-electron chi connectivity index (χ0n) is 13.7. The van der Waals surface area contributed by atoms with Crippen molar-refractivity contribution in [2.24, 2.45) is 0 Å². The Balaban J connectivity index is 0.000000235. The van der Waals surface area contributed by atoms with Gasteiger partial charge >= 0.3 is 0 Å². The summed E-state index contributed by atoms with van der Waals surface area (Å²) in [6.45, 7) is 0. The number of carbonyl (C=O) groups is 1. The molecule has 2 saturated carbocycles. The highest BCUT2D eigenvalue weighted by atomic mass is 16.1. The first-order chi connectivity index (χ1) is 10.8. The monoisotopic (exact) mass is 300 g/mol. The van der Waals surface area contributed by atoms with Gasteiger partial charge in [-0.2, -0.15) is 10.5 Å². The zero-order valence-corrected chi connectivity index (χ0v) is 13.7. The molecule has 2 fully saturated rings. The lowest BCUT2D eigenvalue weighted by Gasteiger charge is -2.11. The first-order valence-corrected chi connectivity index (χ1v) is 8.82. The molecule has 2 aliphatic rings. The van der Waals surface area contributed by atoms with E-state index in [4.69, 9.17) is 10.5 Å². The number of nitrogens with zero attached hydrogens (tertiary/aromatic N) is 2. The van der Waals surface area contributed by atoms with Crippen LogP contribution in [0, 0.1) is 22.7 Å². The summed E-state index contributed by atoms with van der Waals surface area (Å²) in [6.07, 6.45) is 15.8. The van der Waals surface area contributed by atoms with E-state index in [1.165, 1.54) is 38.5 Å². The lowest BCUT2D eigenvalue weighted by molar-refractivity contribution is -0.119. The van der Waals surface area contributed by atoms with Crippen molar-refractivity contribution in [2.45, 2.75) is 89.9 Å². The fraction of sp³-hybridized carbons (Fsp3) is 0.737. The molecule has 0 aliphatic heterocycles. The van der Waals surface area contributed by atoms with Gasteiger partial charge < -0.3 is 0 Å². The lowest BCUT2D eigenvalue weighted by atomic mass is 9.93. The molecule has 0 radical (unpaired) electrons. The normalized spacial score (nSPS) is 19.9. The summed E-state index contributed by atoms with van der Waals surface area (Å²) in [6, 6.07) is 3.98. The number of rotatable bonds is 0. The number of nitriles is 2. The molecule has 0 heterocycles. The molecule has 0 aromatic heterocycles. The molecule has 0 saturated heterocycles. The van der Waals surface area contributed by atoms with Gasteiger partial charge in [-0.15, -0.1) is 0 Å². The largest absolute Gasteiger partial charge is 0.300 e. The first-order valence-electron chi connectivity index (χ1n) is 8.82. The molecule has 120 valence electrons. The third-order valence-corrected chi connectivity index (χ3v) is 4.45. The predicted molar refractivity (Wildman–Crippen MR) is 87.9 cm³/mol. The van der Waals surface area contributed by atoms with Crippen molar-refractivity contribution in [3.8, 4) is 12.1 Å². The molecule has 0 atom stereocenters. The van der Waals surface area contributed by atoms with E-state index in [1.807, 2.05) is 12.1 Å². The van der Waals surface area contributed by atoms with E-state index in [9.17, 15) is 4.79 Å². The van der Waals surface area contributed by atoms with Gasteiger partial charge in [0.25, 0.3) is 0 Å². The summed E-state index contributed by atoms with van der Waals surface area (Å²) >= 11 is 0. The van der Waals surface area contributed by atoms with Crippen LogP contribution in [-0.2, 0) is 4.79 Å². The predicted octanol–water partition coefficient (Wildman–Crippen LogP) is 5.37. The van der Waals surface area contributed by atoms with Gasteiger partial charge in [-0.3, -0.25) is 4.79 Å². The van der Waals surface area contributed by atoms with Gasteiger partial charge in [-0.1, -0.05) is 38.5 Å². The molecule has 2 aliphatic carbocycles. The number of hydrogen-bond acceptors (Lipinski definition) is 3. The maximum atomic E-state index is 10.8. The molecule has 22 heavy (non-hydrogen) atoms. The smallest absolute Gasteiger partial charge is 0.132 e. The Kier molecular flexibility index (Phi) is 10.0. The van der Waals surface area contributed by atoms with E-state index in [1.54, 1.807) is 0 Å². The van der Waals surface area contributed by atoms with Crippen LogP contribution in [0.5, 0.6) is 0 Å². The van der Waals surface area contributed by atoms with Crippen LogP contribution in [0.3, 0.4) is 0 Å². The van der Waals surface area contributed by atoms with Gasteiger partial charge in [-0.05, 0) is 44.1 Å². The van der Waals surface area contributed by atoms with Crippen LogP contribution in [-0.4, -0.2) is 5.78 Å². The molecule has 0 aromatic rings. The maximum Gasteiger partial charge on any atom is 0.132 e. The van der Waals surface area contributed by atoms with Crippen LogP contribution >= 0.6 is 0 Å². The standard InChI is InChI=1S/C11H14N2.C8H14O/c12-8-11(9-13)10-6-4-2-1-3-5-7-10;9-8-6-4-2-1-3-5-7-8/h1-7H2;1-7H2. The average molecular weight is 300 g/mol. The number of allylic oxidation sites excluding steroid dienone is 2. The Hall–Kier alpha value is -1.61. The third kappa shape index (κ3) is 7.99. The second-order valence-corrected chi connectivity index (χ2v) is 6.28. The Morgan fingerprint density at radius 2 is 1.00 bits per heavy atom. The Morgan fingerprint density at radius 1 is 0.636 bits per heavy atom. The molecule has 0 spiro atoms. The summed E-state index contributed by atoms with van der Waals surface area (Å²) in [5.74, 6) is 0.481. The van der Waals surface area contributed by atoms with Gasteiger partial charge in [0.15, 0.2) is 0 Å². The fourth-order valence-electron chi connectivity index (χ4n) is 3.06. The van der Waals surface area contributed by atoms with E-state index in [0.717, 1.165) is 56.9 Å². The van der Waals surface area contributed by atoms with Crippen LogP contribution in [0.25, 0.3) is 0 Å². The number of hydrogen-bond donors (Lipinski definition) is 0. The fourth-order valence-corrected chi connectivity index (χ4v) is 3.06. The van der Waals surface area contributed by atoms with Crippen molar-refractivity contribution in [1.82, 2.24) is 0 Å². The molecule has 0 N–H and O–H groups in total. The van der Waals surface area contributed by atoms with Gasteiger partial charge in [0.05, 0.1) is 0 Å². The lowest BCUT2D eigenvalue weighted by Crippen LogP contribution is -2.00. The van der Waals surface area contributed by atoms with E-state index in [0.29, 0.717) is 11.4 Å². The summed E-state index contributed by atoms with van der Waals surface area (Å²) in [4.78, 5) is 10.8. The van der Waals surface area contributed by atoms with Gasteiger partial charge in [0, 0.05) is 12.8 Å². The summed E-state index contributed by atoms with van der Waals surface area (Å²) < 4.78 is 0. The molecular weight excluding hydrogens is 272 g/mol. The van der Waals surface area contributed by atoms with E-state index < -0.39 is 0 Å². The number of Topliss-reactive ketones (excluding diaryl/α,β-unsaturated/α-hetero) is 1. The van der Waals surface area contributed by atoms with E-state index >= 15 is 0 Å². The molecule has 0 bridgehead atoms. The highest BCUT2D eigenvalue weighted by Crippen LogP contribution is 2.23. The van der Waals surface area contributed by atoms with Crippen molar-refractivity contribution in [3.05, 3.63) is 11.1 Å². The topological polar surface area (TPSA) is 64.7 Å². The minimum Gasteiger partial charge on any atom is -0.300 e. The van der Waals surface area contributed by atoms with Gasteiger partial charge in [-0.25, -0.2) is 0 Å². The van der Waals surface area contributed by atoms with Gasteiger partial charge in [0.1, 0.15) is 23.5 Å². The van der Waals surface area contributed by atoms with Crippen LogP contribution in [0.1, 0.15) is 89.9 Å². The van der Waals surface area contributed by atoms with Crippen LogP contribution < -0.4 is 0 Å². The quantitative estimate of drug-likeness (QED) is 0.564. The van der Waals surface area contributed by atoms with Crippen molar-refractivity contribution >= 4 is 5.78 Å². The SMILES string of the molecule is N#CC(C#N)=C1CCCCCCC1.O=C1CCCCCCC1. The second-order valence-electron chi connectivity index (χ2n) is 6.28. The highest BCUT2D eigenvalue weighted by Gasteiger charge is 2.08. The van der Waals surface area contributed by atoms with E-state index in [2.05, 4.69) is 0 Å². The summed E-state index contributed by atoms with van der Waals surface area (Å²) in [7, 11) is 0. The minimum absolute atomic E-state index is 0.363. The van der Waals surface area contributed by atoms with E-state index in [-0.39, 0.29) is 0 Å². The molecule has 0 aromatic carbocycles. The number of carbonyl (C=O) groups excluding carboxylic acids is 1. The number of ketones is 1. The molecule has 3 heteroatoms. The third-order valence-electron chi connectivity index (χ3n) is 4.45. The Bertz CT molecular complexity index is 415. The highest BCUT2D eigenvalue weighted by molar-refractivity contribution is 5.78. The maximum absolute atomic E-state index is 10.8. The van der Waals surface area contributed by atoms with Crippen molar-refractivity contribution in [3.63, 3.8) is 0 Å². The van der Waals surface area contributed by atoms with Crippen LogP contribution in [0.4, 0.5) is 0 Å².